The minimum atomic E-state index is -0.937. The normalized spacial score (nSPS) is 12.8. The van der Waals surface area contributed by atoms with Crippen LogP contribution in [0.2, 0.25) is 0 Å². The van der Waals surface area contributed by atoms with E-state index in [9.17, 15) is 14.7 Å². The third kappa shape index (κ3) is 11.4. The van der Waals surface area contributed by atoms with Gasteiger partial charge in [-0.25, -0.2) is 9.98 Å². The van der Waals surface area contributed by atoms with Crippen molar-refractivity contribution in [1.29, 1.82) is 0 Å². The second-order valence-corrected chi connectivity index (χ2v) is 9.94. The van der Waals surface area contributed by atoms with Gasteiger partial charge in [0.15, 0.2) is 23.7 Å². The van der Waals surface area contributed by atoms with Crippen molar-refractivity contribution in [2.24, 2.45) is 55.3 Å². The molecule has 2 aromatic carbocycles. The van der Waals surface area contributed by atoms with Crippen molar-refractivity contribution in [1.82, 2.24) is 5.32 Å². The van der Waals surface area contributed by atoms with Gasteiger partial charge in [-0.3, -0.25) is 14.6 Å². The number of ketones is 1. The lowest BCUT2D eigenvalue weighted by molar-refractivity contribution is -0.130. The molecule has 41 heavy (non-hydrogen) atoms. The average molecular weight is 567 g/mol. The smallest absolute Gasteiger partial charge is 0.223 e. The van der Waals surface area contributed by atoms with Crippen LogP contribution in [0.3, 0.4) is 0 Å². The Bertz CT molecular complexity index is 1240. The summed E-state index contributed by atoms with van der Waals surface area (Å²) in [7, 11) is 0. The minimum Gasteiger partial charge on any atom is -0.508 e. The molecule has 0 aliphatic carbocycles. The first-order chi connectivity index (χ1) is 19.3. The van der Waals surface area contributed by atoms with Gasteiger partial charge in [0.2, 0.25) is 5.91 Å². The summed E-state index contributed by atoms with van der Waals surface area (Å²) in [6.07, 6.45) is 0.733. The Morgan fingerprint density at radius 1 is 0.878 bits per heavy atom. The van der Waals surface area contributed by atoms with Crippen LogP contribution in [0.4, 0.5) is 0 Å². The van der Waals surface area contributed by atoms with Gasteiger partial charge >= 0.3 is 0 Å². The topological polar surface area (TPSA) is 260 Å². The summed E-state index contributed by atoms with van der Waals surface area (Å²) in [6.45, 7) is 3.93. The van der Waals surface area contributed by atoms with Crippen molar-refractivity contribution in [2.75, 3.05) is 13.1 Å². The van der Waals surface area contributed by atoms with Crippen LogP contribution >= 0.6 is 0 Å². The van der Waals surface area contributed by atoms with Gasteiger partial charge in [-0.2, -0.15) is 0 Å². The number of aliphatic imine (C=N–C) groups is 3. The number of nitrogens with two attached hydrogens (primary N) is 6. The molecule has 0 spiro atoms. The van der Waals surface area contributed by atoms with Crippen LogP contribution in [0.5, 0.6) is 5.75 Å². The summed E-state index contributed by atoms with van der Waals surface area (Å²) in [5.74, 6) is -1.84. The number of nitrogens with one attached hydrogen (secondary N) is 1. The Labute approximate surface area is 240 Å². The monoisotopic (exact) mass is 566 g/mol. The Morgan fingerprint density at radius 2 is 1.49 bits per heavy atom. The molecule has 0 aromatic heterocycles. The van der Waals surface area contributed by atoms with E-state index >= 15 is 0 Å². The van der Waals surface area contributed by atoms with Gasteiger partial charge in [-0.05, 0) is 61.1 Å². The molecule has 0 saturated carbocycles. The molecule has 0 fully saturated rings. The molecule has 0 aliphatic heterocycles. The minimum absolute atomic E-state index is 0.0976. The number of Topliss-reactive ketones (excluding diaryl/α,β-unsaturated/α-hetero) is 1. The Balaban J connectivity index is 2.24. The molecular weight excluding hydrogens is 524 g/mol. The fourth-order valence-corrected chi connectivity index (χ4v) is 4.57. The first kappa shape index (κ1) is 32.4. The standard InChI is InChI=1S/C28H42N10O3/c1-16-10-21(39)11-17(2)22(16)14-23(38-28(33)34)24(40)13-19(8-9-35-26(29)30)25(41)36-15-20(37-27(31)32)12-18-6-4-3-5-7-18/h3-7,10-11,19-20,23,39H,8-9,12-15H2,1-2H3,(H,36,41)(H4,29,30,35)(H4,31,32,37)(H4,33,34,38)/t19?,20?,23-/m0/s1. The number of rotatable bonds is 15. The zero-order chi connectivity index (χ0) is 30.5. The molecule has 0 saturated heterocycles. The lowest BCUT2D eigenvalue weighted by Gasteiger charge is -2.21. The van der Waals surface area contributed by atoms with Gasteiger partial charge in [0.05, 0.1) is 6.04 Å². The number of amides is 1. The van der Waals surface area contributed by atoms with Crippen molar-refractivity contribution in [2.45, 2.75) is 51.6 Å². The van der Waals surface area contributed by atoms with Gasteiger partial charge in [-0.1, -0.05) is 30.3 Å². The number of hydrogen-bond acceptors (Lipinski definition) is 6. The van der Waals surface area contributed by atoms with Crippen LogP contribution in [-0.4, -0.2) is 59.8 Å². The summed E-state index contributed by atoms with van der Waals surface area (Å²) >= 11 is 0. The zero-order valence-electron chi connectivity index (χ0n) is 23.6. The Morgan fingerprint density at radius 3 is 2.05 bits per heavy atom. The van der Waals surface area contributed by atoms with Crippen LogP contribution < -0.4 is 39.7 Å². The maximum atomic E-state index is 13.5. The number of phenols is 1. The largest absolute Gasteiger partial charge is 0.508 e. The molecule has 2 unspecified atom stereocenters. The predicted molar refractivity (Wildman–Crippen MR) is 162 cm³/mol. The molecule has 13 nitrogen and oxygen atoms in total. The van der Waals surface area contributed by atoms with Crippen molar-refractivity contribution >= 4 is 29.6 Å². The predicted octanol–water partition coefficient (Wildman–Crippen LogP) is -0.567. The molecule has 13 heteroatoms. The maximum absolute atomic E-state index is 13.5. The summed E-state index contributed by atoms with van der Waals surface area (Å²) in [6, 6.07) is 11.4. The highest BCUT2D eigenvalue weighted by Crippen LogP contribution is 2.24. The fraction of sp³-hybridized carbons (Fsp3) is 0.393. The molecule has 2 aromatic rings. The summed E-state index contributed by atoms with van der Waals surface area (Å²) in [5, 5.41) is 12.8. The van der Waals surface area contributed by atoms with Crippen LogP contribution in [0.25, 0.3) is 0 Å². The molecule has 0 radical (unpaired) electrons. The first-order valence-electron chi connectivity index (χ1n) is 13.2. The average Bonchev–Trinajstić information content (AvgIpc) is 2.87. The molecule has 0 aliphatic rings. The Kier molecular flexibility index (Phi) is 12.4. The van der Waals surface area contributed by atoms with E-state index in [2.05, 4.69) is 20.3 Å². The number of aryl methyl sites for hydroxylation is 2. The van der Waals surface area contributed by atoms with Gasteiger partial charge < -0.3 is 44.8 Å². The van der Waals surface area contributed by atoms with Crippen LogP contribution in [0.15, 0.2) is 57.4 Å². The van der Waals surface area contributed by atoms with E-state index in [1.807, 2.05) is 44.2 Å². The van der Waals surface area contributed by atoms with Gasteiger partial charge in [-0.15, -0.1) is 0 Å². The molecule has 14 N–H and O–H groups in total. The van der Waals surface area contributed by atoms with Crippen LogP contribution in [0.1, 0.15) is 35.1 Å². The maximum Gasteiger partial charge on any atom is 0.223 e. The van der Waals surface area contributed by atoms with Gasteiger partial charge in [0.1, 0.15) is 11.8 Å². The van der Waals surface area contributed by atoms with Gasteiger partial charge in [0.25, 0.3) is 0 Å². The number of carbonyl (C=O) groups excluding carboxylic acids is 2. The number of hydrogen-bond donors (Lipinski definition) is 8. The SMILES string of the molecule is Cc1cc(O)cc(C)c1C[C@H](N=C(N)N)C(=O)CC(CCN=C(N)N)C(=O)NCC(Cc1ccccc1)N=C(N)N. The van der Waals surface area contributed by atoms with E-state index < -0.39 is 18.0 Å². The van der Waals surface area contributed by atoms with Crippen LogP contribution in [0, 0.1) is 19.8 Å². The van der Waals surface area contributed by atoms with E-state index in [-0.39, 0.29) is 67.7 Å². The molecule has 0 bridgehead atoms. The number of aromatic hydroxyl groups is 1. The van der Waals surface area contributed by atoms with Gasteiger partial charge in [0, 0.05) is 31.8 Å². The van der Waals surface area contributed by atoms with E-state index in [4.69, 9.17) is 34.4 Å². The molecular formula is C28H42N10O3. The Hall–Kier alpha value is -4.81. The summed E-state index contributed by atoms with van der Waals surface area (Å²) in [4.78, 5) is 39.3. The summed E-state index contributed by atoms with van der Waals surface area (Å²) < 4.78 is 0. The third-order valence-corrected chi connectivity index (χ3v) is 6.50. The second-order valence-electron chi connectivity index (χ2n) is 9.94. The number of carbonyl (C=O) groups is 2. The number of benzene rings is 2. The third-order valence-electron chi connectivity index (χ3n) is 6.50. The highest BCUT2D eigenvalue weighted by molar-refractivity contribution is 5.92. The van der Waals surface area contributed by atoms with Crippen LogP contribution in [-0.2, 0) is 22.4 Å². The van der Waals surface area contributed by atoms with E-state index in [1.165, 1.54) is 0 Å². The van der Waals surface area contributed by atoms with Crippen molar-refractivity contribution in [3.8, 4) is 5.75 Å². The lowest BCUT2D eigenvalue weighted by Crippen LogP contribution is -2.40. The van der Waals surface area contributed by atoms with Crippen molar-refractivity contribution in [3.05, 3.63) is 64.7 Å². The molecule has 222 valence electrons. The molecule has 0 heterocycles. The second kappa shape index (κ2) is 15.7. The highest BCUT2D eigenvalue weighted by Gasteiger charge is 2.28. The number of guanidine groups is 3. The lowest BCUT2D eigenvalue weighted by atomic mass is 9.89. The molecule has 3 atom stereocenters. The van der Waals surface area contributed by atoms with Crippen molar-refractivity contribution in [3.63, 3.8) is 0 Å². The van der Waals surface area contributed by atoms with E-state index in [0.29, 0.717) is 6.42 Å². The fourth-order valence-electron chi connectivity index (χ4n) is 4.57. The van der Waals surface area contributed by atoms with E-state index in [0.717, 1.165) is 22.3 Å². The highest BCUT2D eigenvalue weighted by atomic mass is 16.3. The van der Waals surface area contributed by atoms with E-state index in [1.54, 1.807) is 12.1 Å². The molecule has 2 rings (SSSR count). The quantitative estimate of drug-likeness (QED) is 0.101. The first-order valence-corrected chi connectivity index (χ1v) is 13.2. The zero-order valence-corrected chi connectivity index (χ0v) is 23.6. The number of phenolic OH excluding ortho intramolecular Hbond substituents is 1. The number of nitrogens with zero attached hydrogens (tertiary/aromatic N) is 3. The molecule has 1 amide bonds. The summed E-state index contributed by atoms with van der Waals surface area (Å²) in [5.41, 5.74) is 36.9. The van der Waals surface area contributed by atoms with Crippen molar-refractivity contribution < 1.29 is 14.7 Å².